The largest absolute Gasteiger partial charge is 0.473 e. The maximum absolute atomic E-state index is 11.0. The van der Waals surface area contributed by atoms with E-state index in [-0.39, 0.29) is 22.7 Å². The Morgan fingerprint density at radius 3 is 2.47 bits per heavy atom. The smallest absolute Gasteiger partial charge is 0.352 e. The van der Waals surface area contributed by atoms with Gasteiger partial charge in [-0.15, -0.1) is 0 Å². The average Bonchev–Trinajstić information content (AvgIpc) is 2.25. The summed E-state index contributed by atoms with van der Waals surface area (Å²) >= 11 is 0. The number of nitrogens with zero attached hydrogens (tertiary/aromatic N) is 3. The average molecular weight is 268 g/mol. The van der Waals surface area contributed by atoms with Crippen LogP contribution in [0.25, 0.3) is 0 Å². The molecule has 0 spiro atoms. The highest BCUT2D eigenvalue weighted by atomic mass is 16.6. The van der Waals surface area contributed by atoms with E-state index < -0.39 is 4.92 Å². The Morgan fingerprint density at radius 2 is 2.00 bits per heavy atom. The van der Waals surface area contributed by atoms with Crippen LogP contribution in [0.5, 0.6) is 5.88 Å². The third-order valence-corrected chi connectivity index (χ3v) is 2.52. The van der Waals surface area contributed by atoms with E-state index in [9.17, 15) is 10.1 Å². The second-order valence-electron chi connectivity index (χ2n) is 5.45. The van der Waals surface area contributed by atoms with Crippen LogP contribution in [0.1, 0.15) is 32.9 Å². The first-order valence-corrected chi connectivity index (χ1v) is 6.08. The normalized spacial score (nSPS) is 11.2. The van der Waals surface area contributed by atoms with Crippen molar-refractivity contribution in [3.05, 3.63) is 15.8 Å². The first kappa shape index (κ1) is 15.1. The zero-order valence-electron chi connectivity index (χ0n) is 12.0. The van der Waals surface area contributed by atoms with Crippen LogP contribution in [0.4, 0.5) is 11.6 Å². The van der Waals surface area contributed by atoms with Crippen molar-refractivity contribution in [1.82, 2.24) is 9.97 Å². The van der Waals surface area contributed by atoms with Crippen molar-refractivity contribution >= 4 is 11.6 Å². The first-order valence-electron chi connectivity index (χ1n) is 6.08. The molecule has 1 aromatic heterocycles. The molecule has 1 rings (SSSR count). The number of anilines is 1. The highest BCUT2D eigenvalue weighted by molar-refractivity contribution is 5.48. The van der Waals surface area contributed by atoms with Gasteiger partial charge in [0.05, 0.1) is 11.5 Å². The maximum atomic E-state index is 11.0. The lowest BCUT2D eigenvalue weighted by molar-refractivity contribution is -0.387. The molecule has 19 heavy (non-hydrogen) atoms. The van der Waals surface area contributed by atoms with Crippen molar-refractivity contribution in [2.45, 2.75) is 34.1 Å². The molecule has 1 heterocycles. The summed E-state index contributed by atoms with van der Waals surface area (Å²) in [5.41, 5.74) is 0.214. The Bertz CT molecular complexity index is 469. The minimum atomic E-state index is -0.513. The van der Waals surface area contributed by atoms with E-state index in [0.29, 0.717) is 12.6 Å². The number of hydrogen-bond donors (Lipinski definition) is 1. The van der Waals surface area contributed by atoms with E-state index in [0.717, 1.165) is 6.42 Å². The van der Waals surface area contributed by atoms with Gasteiger partial charge in [0.15, 0.2) is 0 Å². The predicted molar refractivity (Wildman–Crippen MR) is 72.5 cm³/mol. The van der Waals surface area contributed by atoms with Gasteiger partial charge in [0.25, 0.3) is 5.88 Å². The van der Waals surface area contributed by atoms with Gasteiger partial charge in [0, 0.05) is 7.05 Å². The molecule has 1 aromatic rings. The zero-order chi connectivity index (χ0) is 14.6. The van der Waals surface area contributed by atoms with Gasteiger partial charge in [-0.05, 0) is 18.8 Å². The predicted octanol–water partition coefficient (Wildman–Crippen LogP) is 2.55. The van der Waals surface area contributed by atoms with E-state index >= 15 is 0 Å². The summed E-state index contributed by atoms with van der Waals surface area (Å²) in [4.78, 5) is 18.5. The standard InChI is InChI=1S/C12H20N4O3/c1-8-9(16(17)18)10(15-11(13-5)14-8)19-7-6-12(2,3)4/h6-7H2,1-5H3,(H,13,14,15). The molecule has 0 aromatic carbocycles. The minimum absolute atomic E-state index is 0.0195. The zero-order valence-corrected chi connectivity index (χ0v) is 12.0. The fourth-order valence-electron chi connectivity index (χ4n) is 1.42. The van der Waals surface area contributed by atoms with E-state index in [1.807, 2.05) is 0 Å². The lowest BCUT2D eigenvalue weighted by Crippen LogP contribution is -2.13. The second kappa shape index (κ2) is 5.81. The van der Waals surface area contributed by atoms with Crippen LogP contribution in [0, 0.1) is 22.5 Å². The molecule has 0 saturated carbocycles. The third kappa shape index (κ3) is 4.35. The van der Waals surface area contributed by atoms with Crippen LogP contribution in [0.15, 0.2) is 0 Å². The number of nitro groups is 1. The van der Waals surface area contributed by atoms with Gasteiger partial charge in [-0.1, -0.05) is 20.8 Å². The lowest BCUT2D eigenvalue weighted by Gasteiger charge is -2.17. The van der Waals surface area contributed by atoms with E-state index in [1.54, 1.807) is 14.0 Å². The van der Waals surface area contributed by atoms with Crippen molar-refractivity contribution in [2.24, 2.45) is 5.41 Å². The van der Waals surface area contributed by atoms with E-state index in [2.05, 4.69) is 36.1 Å². The van der Waals surface area contributed by atoms with Crippen molar-refractivity contribution in [1.29, 1.82) is 0 Å². The Balaban J connectivity index is 2.96. The summed E-state index contributed by atoms with van der Waals surface area (Å²) in [5.74, 6) is 0.333. The third-order valence-electron chi connectivity index (χ3n) is 2.52. The molecule has 0 amide bonds. The van der Waals surface area contributed by atoms with Crippen LogP contribution < -0.4 is 10.1 Å². The van der Waals surface area contributed by atoms with E-state index in [4.69, 9.17) is 4.74 Å². The molecule has 0 radical (unpaired) electrons. The highest BCUT2D eigenvalue weighted by Gasteiger charge is 2.24. The highest BCUT2D eigenvalue weighted by Crippen LogP contribution is 2.29. The Morgan fingerprint density at radius 1 is 1.37 bits per heavy atom. The molecule has 0 atom stereocenters. The van der Waals surface area contributed by atoms with Crippen LogP contribution in [0.2, 0.25) is 0 Å². The molecule has 1 N–H and O–H groups in total. The monoisotopic (exact) mass is 268 g/mol. The fourth-order valence-corrected chi connectivity index (χ4v) is 1.42. The maximum Gasteiger partial charge on any atom is 0.352 e. The van der Waals surface area contributed by atoms with Gasteiger partial charge in [0.1, 0.15) is 5.69 Å². The number of ether oxygens (including phenoxy) is 1. The Kier molecular flexibility index (Phi) is 4.63. The molecular weight excluding hydrogens is 248 g/mol. The van der Waals surface area contributed by atoms with Crippen LogP contribution in [-0.2, 0) is 0 Å². The number of aromatic nitrogens is 2. The lowest BCUT2D eigenvalue weighted by atomic mass is 9.93. The van der Waals surface area contributed by atoms with E-state index in [1.165, 1.54) is 0 Å². The quantitative estimate of drug-likeness (QED) is 0.652. The summed E-state index contributed by atoms with van der Waals surface area (Å²) in [6.45, 7) is 8.18. The molecule has 106 valence electrons. The van der Waals surface area contributed by atoms with Crippen molar-refractivity contribution in [3.63, 3.8) is 0 Å². The van der Waals surface area contributed by atoms with Crippen molar-refractivity contribution in [3.8, 4) is 5.88 Å². The topological polar surface area (TPSA) is 90.2 Å². The summed E-state index contributed by atoms with van der Waals surface area (Å²) in [6, 6.07) is 0. The SMILES string of the molecule is CNc1nc(C)c([N+](=O)[O-])c(OCCC(C)(C)C)n1. The van der Waals surface area contributed by atoms with Crippen molar-refractivity contribution in [2.75, 3.05) is 19.0 Å². The number of nitrogens with one attached hydrogen (secondary N) is 1. The van der Waals surface area contributed by atoms with Gasteiger partial charge in [0.2, 0.25) is 5.95 Å². The van der Waals surface area contributed by atoms with Gasteiger partial charge in [-0.3, -0.25) is 10.1 Å². The van der Waals surface area contributed by atoms with Gasteiger partial charge >= 0.3 is 5.69 Å². The summed E-state index contributed by atoms with van der Waals surface area (Å²) in [6.07, 6.45) is 0.780. The molecule has 0 aliphatic heterocycles. The molecule has 0 saturated heterocycles. The molecule has 7 heteroatoms. The summed E-state index contributed by atoms with van der Waals surface area (Å²) in [7, 11) is 1.65. The second-order valence-corrected chi connectivity index (χ2v) is 5.45. The molecule has 7 nitrogen and oxygen atoms in total. The van der Waals surface area contributed by atoms with Gasteiger partial charge < -0.3 is 10.1 Å². The number of rotatable bonds is 5. The Labute approximate surface area is 112 Å². The van der Waals surface area contributed by atoms with Crippen molar-refractivity contribution < 1.29 is 9.66 Å². The minimum Gasteiger partial charge on any atom is -0.473 e. The summed E-state index contributed by atoms with van der Waals surface area (Å²) < 4.78 is 5.47. The van der Waals surface area contributed by atoms with Gasteiger partial charge in [-0.2, -0.15) is 4.98 Å². The molecule has 0 unspecified atom stereocenters. The molecule has 0 aliphatic rings. The van der Waals surface area contributed by atoms with Crippen LogP contribution >= 0.6 is 0 Å². The van der Waals surface area contributed by atoms with Crippen LogP contribution in [-0.4, -0.2) is 28.5 Å². The first-order chi connectivity index (χ1) is 8.74. The molecule has 0 fully saturated rings. The number of aryl methyl sites for hydroxylation is 1. The fraction of sp³-hybridized carbons (Fsp3) is 0.667. The van der Waals surface area contributed by atoms with Gasteiger partial charge in [-0.25, -0.2) is 4.98 Å². The van der Waals surface area contributed by atoms with Crippen LogP contribution in [0.3, 0.4) is 0 Å². The molecule has 0 bridgehead atoms. The number of hydrogen-bond acceptors (Lipinski definition) is 6. The molecular formula is C12H20N4O3. The summed E-state index contributed by atoms with van der Waals surface area (Å²) in [5, 5.41) is 13.8. The Hall–Kier alpha value is -1.92. The molecule has 0 aliphatic carbocycles.